The molecule has 140 valence electrons. The minimum atomic E-state index is -0.529. The van der Waals surface area contributed by atoms with Gasteiger partial charge in [0.05, 0.1) is 5.56 Å². The molecule has 0 saturated carbocycles. The highest BCUT2D eigenvalue weighted by molar-refractivity contribution is 6.33. The third-order valence-corrected chi connectivity index (χ3v) is 4.42. The molecule has 0 radical (unpaired) electrons. The Morgan fingerprint density at radius 3 is 2.65 bits per heavy atom. The Morgan fingerprint density at radius 2 is 2.00 bits per heavy atom. The first-order chi connectivity index (χ1) is 12.2. The number of alkyl carbamates (subject to hydrolysis) is 1. The van der Waals surface area contributed by atoms with Crippen LogP contribution < -0.4 is 5.32 Å². The van der Waals surface area contributed by atoms with Crippen molar-refractivity contribution in [1.29, 1.82) is 0 Å². The van der Waals surface area contributed by atoms with Crippen LogP contribution in [0.15, 0.2) is 18.6 Å². The van der Waals surface area contributed by atoms with Crippen molar-refractivity contribution in [3.8, 4) is 0 Å². The Morgan fingerprint density at radius 1 is 1.31 bits per heavy atom. The second kappa shape index (κ2) is 7.11. The molecular weight excluding hydrogens is 358 g/mol. The topological polar surface area (TPSA) is 88.8 Å². The Kier molecular flexibility index (Phi) is 5.04. The highest BCUT2D eigenvalue weighted by atomic mass is 35.5. The van der Waals surface area contributed by atoms with Gasteiger partial charge in [0.1, 0.15) is 17.4 Å². The summed E-state index contributed by atoms with van der Waals surface area (Å²) in [5, 5.41) is 7.16. The van der Waals surface area contributed by atoms with Gasteiger partial charge in [-0.05, 0) is 39.7 Å². The summed E-state index contributed by atoms with van der Waals surface area (Å²) >= 11 is 6.12. The zero-order valence-corrected chi connectivity index (χ0v) is 15.8. The van der Waals surface area contributed by atoms with Crippen molar-refractivity contribution >= 4 is 29.1 Å². The molecule has 2 aromatic heterocycles. The van der Waals surface area contributed by atoms with Gasteiger partial charge in [-0.3, -0.25) is 4.79 Å². The number of carbonyl (C=O) groups is 2. The van der Waals surface area contributed by atoms with Crippen molar-refractivity contribution in [2.45, 2.75) is 45.3 Å². The summed E-state index contributed by atoms with van der Waals surface area (Å²) in [5.74, 6) is -0.111. The maximum absolute atomic E-state index is 12.8. The van der Waals surface area contributed by atoms with Gasteiger partial charge in [-0.15, -0.1) is 0 Å². The van der Waals surface area contributed by atoms with Crippen molar-refractivity contribution in [2.24, 2.45) is 0 Å². The molecule has 0 unspecified atom stereocenters. The minimum absolute atomic E-state index is 0.00778. The molecule has 3 heterocycles. The van der Waals surface area contributed by atoms with Crippen molar-refractivity contribution in [3.05, 3.63) is 29.3 Å². The zero-order valence-electron chi connectivity index (χ0n) is 15.0. The number of carbonyl (C=O) groups excluding carboxylic acids is 2. The van der Waals surface area contributed by atoms with Crippen LogP contribution in [0.4, 0.5) is 4.79 Å². The maximum Gasteiger partial charge on any atom is 0.407 e. The smallest absolute Gasteiger partial charge is 0.407 e. The van der Waals surface area contributed by atoms with Crippen molar-refractivity contribution in [2.75, 3.05) is 13.1 Å². The maximum atomic E-state index is 12.8. The van der Waals surface area contributed by atoms with Gasteiger partial charge < -0.3 is 15.0 Å². The molecule has 1 N–H and O–H groups in total. The summed E-state index contributed by atoms with van der Waals surface area (Å²) in [5.41, 5.74) is 0.459. The molecule has 1 fully saturated rings. The molecule has 8 nitrogen and oxygen atoms in total. The number of nitrogens with zero attached hydrogens (tertiary/aromatic N) is 4. The number of nitrogens with one attached hydrogen (secondary N) is 1. The number of halogens is 1. The van der Waals surface area contributed by atoms with E-state index in [1.165, 1.54) is 6.33 Å². The first-order valence-electron chi connectivity index (χ1n) is 8.51. The van der Waals surface area contributed by atoms with Crippen LogP contribution in [-0.2, 0) is 4.74 Å². The van der Waals surface area contributed by atoms with E-state index >= 15 is 0 Å². The Hall–Kier alpha value is -2.35. The van der Waals surface area contributed by atoms with Crippen LogP contribution in [0.5, 0.6) is 0 Å². The van der Waals surface area contributed by atoms with Crippen LogP contribution in [0.1, 0.15) is 44.0 Å². The highest BCUT2D eigenvalue weighted by Crippen LogP contribution is 2.22. The zero-order chi connectivity index (χ0) is 18.9. The molecule has 1 aliphatic heterocycles. The standard InChI is InChI=1S/C17H22ClN5O3/c1-17(2,3)26-16(25)21-11-4-7-22(8-5-11)15(24)12-6-9-23-13(12)14(18)19-10-20-23/h6,9-11H,4-5,7-8H2,1-3H3,(H,21,25). The predicted molar refractivity (Wildman–Crippen MR) is 96.3 cm³/mol. The van der Waals surface area contributed by atoms with Crippen LogP contribution in [0.3, 0.4) is 0 Å². The number of hydrogen-bond donors (Lipinski definition) is 1. The first kappa shape index (κ1) is 18.4. The van der Waals surface area contributed by atoms with E-state index < -0.39 is 11.7 Å². The molecule has 0 spiro atoms. The normalized spacial score (nSPS) is 15.9. The average molecular weight is 380 g/mol. The average Bonchev–Trinajstić information content (AvgIpc) is 2.98. The molecule has 2 amide bonds. The number of aromatic nitrogens is 3. The lowest BCUT2D eigenvalue weighted by molar-refractivity contribution is 0.0474. The highest BCUT2D eigenvalue weighted by Gasteiger charge is 2.28. The van der Waals surface area contributed by atoms with E-state index in [0.717, 1.165) is 0 Å². The number of likely N-dealkylation sites (tertiary alicyclic amines) is 1. The fourth-order valence-corrected chi connectivity index (χ4v) is 3.19. The molecule has 9 heteroatoms. The molecule has 0 aromatic carbocycles. The van der Waals surface area contributed by atoms with Gasteiger partial charge in [0.25, 0.3) is 5.91 Å². The fraction of sp³-hybridized carbons (Fsp3) is 0.529. The predicted octanol–water partition coefficient (Wildman–Crippen LogP) is 2.51. The van der Waals surface area contributed by atoms with E-state index in [4.69, 9.17) is 16.3 Å². The summed E-state index contributed by atoms with van der Waals surface area (Å²) in [6.07, 6.45) is 3.94. The van der Waals surface area contributed by atoms with E-state index in [0.29, 0.717) is 37.0 Å². The quantitative estimate of drug-likeness (QED) is 0.866. The van der Waals surface area contributed by atoms with Crippen molar-refractivity contribution < 1.29 is 14.3 Å². The van der Waals surface area contributed by atoms with Gasteiger partial charge >= 0.3 is 6.09 Å². The number of piperidine rings is 1. The van der Waals surface area contributed by atoms with Gasteiger partial charge in [0.15, 0.2) is 5.15 Å². The molecule has 1 aliphatic rings. The first-order valence-corrected chi connectivity index (χ1v) is 8.89. The van der Waals surface area contributed by atoms with E-state index in [2.05, 4.69) is 15.4 Å². The Balaban J connectivity index is 1.61. The third kappa shape index (κ3) is 4.07. The van der Waals surface area contributed by atoms with Gasteiger partial charge in [0.2, 0.25) is 0 Å². The number of ether oxygens (including phenoxy) is 1. The summed E-state index contributed by atoms with van der Waals surface area (Å²) in [6, 6.07) is 1.69. The molecule has 2 aromatic rings. The van der Waals surface area contributed by atoms with Gasteiger partial charge in [0, 0.05) is 25.3 Å². The molecule has 0 atom stereocenters. The third-order valence-electron chi connectivity index (χ3n) is 4.14. The molecule has 26 heavy (non-hydrogen) atoms. The second-order valence-electron chi connectivity index (χ2n) is 7.29. The summed E-state index contributed by atoms with van der Waals surface area (Å²) in [4.78, 5) is 30.4. The van der Waals surface area contributed by atoms with Crippen molar-refractivity contribution in [3.63, 3.8) is 0 Å². The van der Waals surface area contributed by atoms with E-state index in [-0.39, 0.29) is 17.1 Å². The van der Waals surface area contributed by atoms with Gasteiger partial charge in [-0.2, -0.15) is 5.10 Å². The summed E-state index contributed by atoms with van der Waals surface area (Å²) < 4.78 is 6.81. The molecule has 1 saturated heterocycles. The van der Waals surface area contributed by atoms with Crippen LogP contribution in [-0.4, -0.2) is 56.2 Å². The van der Waals surface area contributed by atoms with E-state index in [1.54, 1.807) is 21.7 Å². The lowest BCUT2D eigenvalue weighted by atomic mass is 10.0. The fourth-order valence-electron chi connectivity index (χ4n) is 2.96. The molecule has 3 rings (SSSR count). The van der Waals surface area contributed by atoms with E-state index in [1.807, 2.05) is 20.8 Å². The molecule has 0 bridgehead atoms. The summed E-state index contributed by atoms with van der Waals surface area (Å²) in [6.45, 7) is 6.56. The number of hydrogen-bond acceptors (Lipinski definition) is 5. The van der Waals surface area contributed by atoms with Gasteiger partial charge in [-0.25, -0.2) is 14.3 Å². The van der Waals surface area contributed by atoms with Crippen LogP contribution >= 0.6 is 11.6 Å². The minimum Gasteiger partial charge on any atom is -0.444 e. The van der Waals surface area contributed by atoms with Crippen LogP contribution in [0.25, 0.3) is 5.52 Å². The lowest BCUT2D eigenvalue weighted by Gasteiger charge is -2.32. The molecular formula is C17H22ClN5O3. The molecule has 0 aliphatic carbocycles. The van der Waals surface area contributed by atoms with Crippen LogP contribution in [0, 0.1) is 0 Å². The lowest BCUT2D eigenvalue weighted by Crippen LogP contribution is -2.47. The number of fused-ring (bicyclic) bond motifs is 1. The Bertz CT molecular complexity index is 821. The van der Waals surface area contributed by atoms with Crippen LogP contribution in [0.2, 0.25) is 5.15 Å². The van der Waals surface area contributed by atoms with Crippen molar-refractivity contribution in [1.82, 2.24) is 24.8 Å². The number of amides is 2. The largest absolute Gasteiger partial charge is 0.444 e. The van der Waals surface area contributed by atoms with Gasteiger partial charge in [-0.1, -0.05) is 11.6 Å². The monoisotopic (exact) mass is 379 g/mol. The number of rotatable bonds is 2. The van der Waals surface area contributed by atoms with E-state index in [9.17, 15) is 9.59 Å². The second-order valence-corrected chi connectivity index (χ2v) is 7.64. The Labute approximate surface area is 156 Å². The summed E-state index contributed by atoms with van der Waals surface area (Å²) in [7, 11) is 0. The SMILES string of the molecule is CC(C)(C)OC(=O)NC1CCN(C(=O)c2ccn3ncnc(Cl)c23)CC1.